The van der Waals surface area contributed by atoms with Gasteiger partial charge in [0, 0.05) is 37.8 Å². The lowest BCUT2D eigenvalue weighted by Gasteiger charge is -2.61. The number of nitriles is 1. The second-order valence-electron chi connectivity index (χ2n) is 15.3. The first-order chi connectivity index (χ1) is 18.2. The monoisotopic (exact) mass is 532 g/mol. The Hall–Kier alpha value is -2.22. The van der Waals surface area contributed by atoms with Crippen LogP contribution in [0.1, 0.15) is 98.8 Å². The van der Waals surface area contributed by atoms with Gasteiger partial charge in [-0.25, -0.2) is 0 Å². The molecule has 1 amide bonds. The first-order valence-electron chi connectivity index (χ1n) is 15.3. The third-order valence-electron chi connectivity index (χ3n) is 12.5. The van der Waals surface area contributed by atoms with Crippen molar-refractivity contribution < 1.29 is 14.4 Å². The molecular weight excluding hydrogens is 484 g/mol. The Kier molecular flexibility index (Phi) is 6.84. The lowest BCUT2D eigenvalue weighted by Crippen LogP contribution is -2.56. The number of rotatable bonds is 3. The Bertz CT molecular complexity index is 1190. The van der Waals surface area contributed by atoms with Gasteiger partial charge in [-0.3, -0.25) is 14.4 Å². The van der Waals surface area contributed by atoms with E-state index >= 15 is 0 Å². The average molecular weight is 533 g/mol. The summed E-state index contributed by atoms with van der Waals surface area (Å²) in [5.74, 6) is 0.860. The summed E-state index contributed by atoms with van der Waals surface area (Å²) in [6.45, 7) is 11.3. The number of carbonyl (C=O) groups excluding carboxylic acids is 3. The molecule has 0 aromatic heterocycles. The molecule has 0 saturated heterocycles. The highest BCUT2D eigenvalue weighted by Gasteiger charge is 2.63. The number of allylic oxidation sites excluding steroid dienone is 4. The van der Waals surface area contributed by atoms with Gasteiger partial charge in [-0.05, 0) is 91.4 Å². The van der Waals surface area contributed by atoms with Crippen molar-refractivity contribution in [1.82, 2.24) is 4.90 Å². The first kappa shape index (κ1) is 28.3. The molecule has 212 valence electrons. The van der Waals surface area contributed by atoms with E-state index in [2.05, 4.69) is 33.8 Å². The Morgan fingerprint density at radius 3 is 2.41 bits per heavy atom. The molecular formula is C34H48N2O3. The molecule has 3 saturated carbocycles. The van der Waals surface area contributed by atoms with Gasteiger partial charge in [-0.15, -0.1) is 0 Å². The van der Waals surface area contributed by atoms with Crippen LogP contribution < -0.4 is 0 Å². The van der Waals surface area contributed by atoms with Gasteiger partial charge in [0.1, 0.15) is 6.07 Å². The van der Waals surface area contributed by atoms with Crippen molar-refractivity contribution >= 4 is 17.5 Å². The van der Waals surface area contributed by atoms with E-state index in [1.54, 1.807) is 4.90 Å². The van der Waals surface area contributed by atoms with Crippen LogP contribution in [0.4, 0.5) is 0 Å². The zero-order valence-electron chi connectivity index (χ0n) is 25.2. The number of fused-ring (bicyclic) bond motifs is 7. The van der Waals surface area contributed by atoms with Gasteiger partial charge in [0.05, 0.1) is 5.57 Å². The van der Waals surface area contributed by atoms with Crippen LogP contribution in [0.3, 0.4) is 0 Å². The van der Waals surface area contributed by atoms with Crippen LogP contribution in [0, 0.1) is 62.6 Å². The molecule has 5 heteroatoms. The maximum absolute atomic E-state index is 14.4. The maximum atomic E-state index is 14.4. The molecule has 5 nitrogen and oxygen atoms in total. The molecule has 0 aliphatic heterocycles. The average Bonchev–Trinajstić information content (AvgIpc) is 3.04. The van der Waals surface area contributed by atoms with Gasteiger partial charge in [0.15, 0.2) is 11.6 Å². The summed E-state index contributed by atoms with van der Waals surface area (Å²) in [7, 11) is 3.68. The van der Waals surface area contributed by atoms with E-state index in [1.165, 1.54) is 5.57 Å². The number of nitrogens with zero attached hydrogens (tertiary/aromatic N) is 2. The Labute approximate surface area is 235 Å². The molecule has 0 aromatic rings. The van der Waals surface area contributed by atoms with Crippen molar-refractivity contribution in [2.45, 2.75) is 98.8 Å². The third-order valence-corrected chi connectivity index (χ3v) is 12.5. The lowest BCUT2D eigenvalue weighted by atomic mass is 9.42. The molecule has 5 aliphatic rings. The quantitative estimate of drug-likeness (QED) is 0.406. The van der Waals surface area contributed by atoms with Crippen molar-refractivity contribution in [3.8, 4) is 6.07 Å². The molecule has 8 atom stereocenters. The molecule has 39 heavy (non-hydrogen) atoms. The van der Waals surface area contributed by atoms with Crippen LogP contribution in [0.5, 0.6) is 0 Å². The summed E-state index contributed by atoms with van der Waals surface area (Å²) in [6.07, 6.45) is 13.8. The zero-order valence-corrected chi connectivity index (χ0v) is 25.2. The Morgan fingerprint density at radius 2 is 1.74 bits per heavy atom. The number of amides is 1. The first-order valence-corrected chi connectivity index (χ1v) is 15.3. The summed E-state index contributed by atoms with van der Waals surface area (Å²) in [5, 5.41) is 9.80. The SMILES string of the molecule is CC1C(=O)C(C#N)=CC2(C)C3=CC(=O)C4C5CC(C)(C)CCC5(CCC(=O)N(C)C)CCCC4C3(C)CCC12. The summed E-state index contributed by atoms with van der Waals surface area (Å²) in [6, 6.07) is 2.18. The fraction of sp³-hybridized carbons (Fsp3) is 0.765. The van der Waals surface area contributed by atoms with Crippen molar-refractivity contribution in [2.24, 2.45) is 51.2 Å². The number of carbonyl (C=O) groups is 3. The topological polar surface area (TPSA) is 78.2 Å². The number of Topliss-reactive ketones (excluding diaryl/α,β-unsaturated/α-hetero) is 1. The summed E-state index contributed by atoms with van der Waals surface area (Å²) in [5.41, 5.74) is 1.10. The minimum Gasteiger partial charge on any atom is -0.349 e. The smallest absolute Gasteiger partial charge is 0.222 e. The largest absolute Gasteiger partial charge is 0.349 e. The van der Waals surface area contributed by atoms with Crippen molar-refractivity contribution in [2.75, 3.05) is 14.1 Å². The molecule has 8 unspecified atom stereocenters. The Balaban J connectivity index is 1.60. The van der Waals surface area contributed by atoms with Crippen LogP contribution in [-0.4, -0.2) is 36.5 Å². The fourth-order valence-corrected chi connectivity index (χ4v) is 10.3. The third kappa shape index (κ3) is 4.27. The van der Waals surface area contributed by atoms with E-state index in [-0.39, 0.29) is 68.9 Å². The van der Waals surface area contributed by atoms with Crippen LogP contribution >= 0.6 is 0 Å². The van der Waals surface area contributed by atoms with Crippen LogP contribution in [0.2, 0.25) is 0 Å². The highest BCUT2D eigenvalue weighted by molar-refractivity contribution is 6.02. The van der Waals surface area contributed by atoms with Crippen molar-refractivity contribution in [3.05, 3.63) is 23.3 Å². The highest BCUT2D eigenvalue weighted by atomic mass is 16.2. The van der Waals surface area contributed by atoms with Crippen LogP contribution in [0.25, 0.3) is 0 Å². The van der Waals surface area contributed by atoms with Gasteiger partial charge < -0.3 is 4.90 Å². The number of hydrogen-bond donors (Lipinski definition) is 0. The normalized spacial score (nSPS) is 42.9. The van der Waals surface area contributed by atoms with Crippen LogP contribution in [0.15, 0.2) is 23.3 Å². The van der Waals surface area contributed by atoms with Crippen LogP contribution in [-0.2, 0) is 14.4 Å². The summed E-state index contributed by atoms with van der Waals surface area (Å²) < 4.78 is 0. The van der Waals surface area contributed by atoms with Gasteiger partial charge in [0.25, 0.3) is 0 Å². The van der Waals surface area contributed by atoms with Gasteiger partial charge >= 0.3 is 0 Å². The minimum absolute atomic E-state index is 0.0162. The molecule has 0 spiro atoms. The molecule has 3 fully saturated rings. The molecule has 0 aromatic carbocycles. The van der Waals surface area contributed by atoms with E-state index in [0.717, 1.165) is 57.8 Å². The van der Waals surface area contributed by atoms with E-state index in [0.29, 0.717) is 6.42 Å². The molecule has 0 bridgehead atoms. The Morgan fingerprint density at radius 1 is 1.03 bits per heavy atom. The number of ketones is 2. The van der Waals surface area contributed by atoms with E-state index in [1.807, 2.05) is 33.2 Å². The summed E-state index contributed by atoms with van der Waals surface area (Å²) >= 11 is 0. The lowest BCUT2D eigenvalue weighted by molar-refractivity contribution is -0.135. The van der Waals surface area contributed by atoms with Gasteiger partial charge in [-0.2, -0.15) is 5.26 Å². The molecule has 5 rings (SSSR count). The van der Waals surface area contributed by atoms with Crippen molar-refractivity contribution in [3.63, 3.8) is 0 Å². The highest BCUT2D eigenvalue weighted by Crippen LogP contribution is 2.68. The van der Waals surface area contributed by atoms with E-state index < -0.39 is 5.41 Å². The predicted molar refractivity (Wildman–Crippen MR) is 152 cm³/mol. The molecule has 0 radical (unpaired) electrons. The predicted octanol–water partition coefficient (Wildman–Crippen LogP) is 6.68. The second-order valence-corrected chi connectivity index (χ2v) is 15.3. The zero-order chi connectivity index (χ0) is 28.5. The fourth-order valence-electron chi connectivity index (χ4n) is 10.3. The molecule has 5 aliphatic carbocycles. The van der Waals surface area contributed by atoms with Crippen molar-refractivity contribution in [1.29, 1.82) is 5.26 Å². The van der Waals surface area contributed by atoms with Gasteiger partial charge in [0.2, 0.25) is 5.91 Å². The molecule has 0 heterocycles. The van der Waals surface area contributed by atoms with E-state index in [9.17, 15) is 19.6 Å². The maximum Gasteiger partial charge on any atom is 0.222 e. The second kappa shape index (κ2) is 9.42. The van der Waals surface area contributed by atoms with E-state index in [4.69, 9.17) is 0 Å². The molecule has 0 N–H and O–H groups in total. The standard InChI is InChI=1S/C34H48N2O3/c1-21-23-10-13-32(4)24-9-8-12-34(14-11-28(38)36(6)7)16-15-31(2,3)19-25(34)29(24)26(37)17-27(32)33(23,5)18-22(20-35)30(21)39/h17-18,21,23-25,29H,8-16,19H2,1-7H3. The minimum atomic E-state index is -0.445. The summed E-state index contributed by atoms with van der Waals surface area (Å²) in [4.78, 5) is 41.8. The number of hydrogen-bond acceptors (Lipinski definition) is 4. The van der Waals surface area contributed by atoms with Gasteiger partial charge in [-0.1, -0.05) is 52.7 Å².